The molecule has 1 aromatic carbocycles. The smallest absolute Gasteiger partial charge is 0.404 e. The van der Waals surface area contributed by atoms with Crippen LogP contribution < -0.4 is 0 Å². The van der Waals surface area contributed by atoms with E-state index in [0.717, 1.165) is 41.1 Å². The van der Waals surface area contributed by atoms with Crippen molar-refractivity contribution in [3.8, 4) is 0 Å². The summed E-state index contributed by atoms with van der Waals surface area (Å²) in [4.78, 5) is 34.3. The molecule has 7 nitrogen and oxygen atoms in total. The number of hydrogen-bond donors (Lipinski definition) is 0. The second-order valence-corrected chi connectivity index (χ2v) is 15.3. The van der Waals surface area contributed by atoms with Gasteiger partial charge in [0.1, 0.15) is 0 Å². The van der Waals surface area contributed by atoms with Crippen LogP contribution in [0.5, 0.6) is 0 Å². The van der Waals surface area contributed by atoms with Crippen molar-refractivity contribution in [2.75, 3.05) is 6.54 Å². The first-order valence-corrected chi connectivity index (χ1v) is 16.4. The van der Waals surface area contributed by atoms with Crippen molar-refractivity contribution in [2.45, 2.75) is 97.8 Å². The maximum Gasteiger partial charge on any atom is 0.481 e. The first kappa shape index (κ1) is 29.0. The van der Waals surface area contributed by atoms with E-state index in [0.29, 0.717) is 30.2 Å². The van der Waals surface area contributed by atoms with E-state index < -0.39 is 7.12 Å². The summed E-state index contributed by atoms with van der Waals surface area (Å²) in [6.07, 6.45) is 7.76. The number of ketones is 1. The molecule has 5 aliphatic rings. The van der Waals surface area contributed by atoms with Crippen molar-refractivity contribution in [1.82, 2.24) is 14.5 Å². The molecule has 8 heteroatoms. The molecular formula is C35H46BN3O4. The topological polar surface area (TPSA) is 73.7 Å². The number of hydrogen-bond acceptors (Lipinski definition) is 5. The highest BCUT2D eigenvalue weighted by Gasteiger charge is 2.69. The molecular weight excluding hydrogens is 537 g/mol. The molecule has 7 atom stereocenters. The third-order valence-electron chi connectivity index (χ3n) is 11.6. The molecule has 5 fully saturated rings. The minimum absolute atomic E-state index is 0.0834. The van der Waals surface area contributed by atoms with Crippen LogP contribution in [0.3, 0.4) is 0 Å². The quantitative estimate of drug-likeness (QED) is 0.291. The third kappa shape index (κ3) is 4.66. The molecule has 43 heavy (non-hydrogen) atoms. The summed E-state index contributed by atoms with van der Waals surface area (Å²) in [6.45, 7) is 14.6. The highest BCUT2D eigenvalue weighted by Crippen LogP contribution is 2.66. The number of nitrogens with zero attached hydrogens (tertiary/aromatic N) is 3. The van der Waals surface area contributed by atoms with Crippen LogP contribution in [0.15, 0.2) is 42.7 Å². The Morgan fingerprint density at radius 1 is 1.09 bits per heavy atom. The standard InChI is InChI=1S/C35H46BN3O4/c1-21(2)13-32(36-42-31-17-24-16-30(34(24,4)5)35(31,6)43-36)39-19-22(3)14-23(33(39)41)15-25(40)20-38-28-10-8-7-9-26(28)27-18-37-12-11-29(27)38/h7-12,18,21-24,30-32H,13-17,19-20H2,1-6H3/t22?,23-,24+,30+,31-,32+,35+/m1/s1. The van der Waals surface area contributed by atoms with Gasteiger partial charge in [-0.1, -0.05) is 52.8 Å². The molecule has 2 saturated heterocycles. The summed E-state index contributed by atoms with van der Waals surface area (Å²) in [7, 11) is -0.427. The van der Waals surface area contributed by atoms with Crippen molar-refractivity contribution in [3.63, 3.8) is 0 Å². The molecule has 3 saturated carbocycles. The molecule has 2 aliphatic heterocycles. The lowest BCUT2D eigenvalue weighted by Crippen LogP contribution is -2.65. The summed E-state index contributed by atoms with van der Waals surface area (Å²) in [5.74, 6) is 1.53. The highest BCUT2D eigenvalue weighted by molar-refractivity contribution is 6.47. The normalized spacial score (nSPS) is 32.3. The molecule has 1 unspecified atom stereocenters. The van der Waals surface area contributed by atoms with Crippen LogP contribution in [0.2, 0.25) is 0 Å². The van der Waals surface area contributed by atoms with Crippen molar-refractivity contribution >= 4 is 40.6 Å². The SMILES string of the molecule is CC(C)C[C@@H](B1O[C@@H]2C[C@@H]3C[C@@H](C3(C)C)[C@]2(C)O1)N1CC(C)C[C@H](CC(=O)Cn2c3ccccc3c3cnccc32)C1=O. The maximum absolute atomic E-state index is 14.2. The molecule has 3 aromatic rings. The average Bonchev–Trinajstić information content (AvgIpc) is 3.48. The second kappa shape index (κ2) is 10.4. The van der Waals surface area contributed by atoms with E-state index in [1.54, 1.807) is 6.20 Å². The molecule has 2 bridgehead atoms. The lowest BCUT2D eigenvalue weighted by molar-refractivity contribution is -0.199. The third-order valence-corrected chi connectivity index (χ3v) is 11.6. The monoisotopic (exact) mass is 583 g/mol. The summed E-state index contributed by atoms with van der Waals surface area (Å²) in [6, 6.07) is 10.1. The Balaban J connectivity index is 1.11. The summed E-state index contributed by atoms with van der Waals surface area (Å²) >= 11 is 0. The molecule has 4 heterocycles. The van der Waals surface area contributed by atoms with E-state index >= 15 is 0 Å². The van der Waals surface area contributed by atoms with Gasteiger partial charge in [-0.3, -0.25) is 14.6 Å². The fourth-order valence-electron chi connectivity index (χ4n) is 9.31. The Bertz CT molecular complexity index is 1510. The van der Waals surface area contributed by atoms with Gasteiger partial charge in [0.05, 0.1) is 29.7 Å². The number of amides is 1. The number of rotatable bonds is 8. The van der Waals surface area contributed by atoms with Gasteiger partial charge in [-0.05, 0) is 73.8 Å². The number of Topliss-reactive ketones (excluding diaryl/α,β-unsaturated/α-hetero) is 1. The Labute approximate surface area is 255 Å². The van der Waals surface area contributed by atoms with Gasteiger partial charge < -0.3 is 18.8 Å². The van der Waals surface area contributed by atoms with Crippen LogP contribution in [0.1, 0.15) is 73.6 Å². The van der Waals surface area contributed by atoms with Gasteiger partial charge in [0.15, 0.2) is 5.78 Å². The van der Waals surface area contributed by atoms with Crippen molar-refractivity contribution in [3.05, 3.63) is 42.7 Å². The fraction of sp³-hybridized carbons (Fsp3) is 0.629. The first-order chi connectivity index (χ1) is 20.5. The molecule has 0 radical (unpaired) electrons. The molecule has 3 aliphatic carbocycles. The Kier molecular flexibility index (Phi) is 7.05. The number of likely N-dealkylation sites (tertiary alicyclic amines) is 1. The van der Waals surface area contributed by atoms with E-state index in [4.69, 9.17) is 9.31 Å². The van der Waals surface area contributed by atoms with E-state index in [1.165, 1.54) is 6.42 Å². The molecule has 2 aromatic heterocycles. The summed E-state index contributed by atoms with van der Waals surface area (Å²) in [5, 5.41) is 2.14. The predicted molar refractivity (Wildman–Crippen MR) is 169 cm³/mol. The van der Waals surface area contributed by atoms with Crippen LogP contribution in [-0.2, 0) is 25.4 Å². The molecule has 8 rings (SSSR count). The first-order valence-electron chi connectivity index (χ1n) is 16.4. The number of carbonyl (C=O) groups is 2. The maximum atomic E-state index is 14.2. The van der Waals surface area contributed by atoms with E-state index in [1.807, 2.05) is 29.3 Å². The van der Waals surface area contributed by atoms with E-state index in [2.05, 4.69) is 63.2 Å². The number of para-hydroxylation sites is 1. The number of aromatic nitrogens is 2. The van der Waals surface area contributed by atoms with Crippen molar-refractivity contribution in [1.29, 1.82) is 0 Å². The average molecular weight is 584 g/mol. The molecule has 0 spiro atoms. The number of piperidine rings is 1. The Hall–Kier alpha value is -2.71. The van der Waals surface area contributed by atoms with Gasteiger partial charge in [-0.25, -0.2) is 0 Å². The lowest BCUT2D eigenvalue weighted by atomic mass is 9.43. The number of carbonyl (C=O) groups excluding carboxylic acids is 2. The van der Waals surface area contributed by atoms with Gasteiger partial charge in [-0.2, -0.15) is 0 Å². The zero-order chi connectivity index (χ0) is 30.3. The van der Waals surface area contributed by atoms with Gasteiger partial charge in [0, 0.05) is 47.6 Å². The molecule has 1 amide bonds. The van der Waals surface area contributed by atoms with Gasteiger partial charge in [0.25, 0.3) is 0 Å². The zero-order valence-corrected chi connectivity index (χ0v) is 26.6. The predicted octanol–water partition coefficient (Wildman–Crippen LogP) is 6.32. The van der Waals surface area contributed by atoms with Crippen molar-refractivity contribution in [2.24, 2.45) is 35.0 Å². The number of fused-ring (bicyclic) bond motifs is 3. The zero-order valence-electron chi connectivity index (χ0n) is 26.6. The number of pyridine rings is 1. The minimum Gasteiger partial charge on any atom is -0.404 e. The summed E-state index contributed by atoms with van der Waals surface area (Å²) in [5.41, 5.74) is 1.98. The van der Waals surface area contributed by atoms with Crippen LogP contribution >= 0.6 is 0 Å². The fourth-order valence-corrected chi connectivity index (χ4v) is 9.31. The van der Waals surface area contributed by atoms with Crippen LogP contribution in [0.4, 0.5) is 0 Å². The largest absolute Gasteiger partial charge is 0.481 e. The minimum atomic E-state index is -0.427. The van der Waals surface area contributed by atoms with Crippen molar-refractivity contribution < 1.29 is 18.9 Å². The Morgan fingerprint density at radius 3 is 2.63 bits per heavy atom. The van der Waals surface area contributed by atoms with Gasteiger partial charge in [0.2, 0.25) is 5.91 Å². The molecule has 0 N–H and O–H groups in total. The van der Waals surface area contributed by atoms with E-state index in [-0.39, 0.29) is 53.6 Å². The lowest BCUT2D eigenvalue weighted by Gasteiger charge is -2.64. The molecule has 228 valence electrons. The second-order valence-electron chi connectivity index (χ2n) is 15.3. The summed E-state index contributed by atoms with van der Waals surface area (Å²) < 4.78 is 15.7. The van der Waals surface area contributed by atoms with Crippen LogP contribution in [0, 0.1) is 35.0 Å². The Morgan fingerprint density at radius 2 is 1.86 bits per heavy atom. The highest BCUT2D eigenvalue weighted by atomic mass is 16.7. The number of benzene rings is 1. The van der Waals surface area contributed by atoms with E-state index in [9.17, 15) is 9.59 Å². The van der Waals surface area contributed by atoms with Crippen LogP contribution in [0.25, 0.3) is 21.8 Å². The van der Waals surface area contributed by atoms with Gasteiger partial charge >= 0.3 is 7.12 Å². The van der Waals surface area contributed by atoms with Crippen LogP contribution in [-0.4, -0.2) is 57.5 Å². The van der Waals surface area contributed by atoms with Gasteiger partial charge in [-0.15, -0.1) is 0 Å².